The predicted octanol–water partition coefficient (Wildman–Crippen LogP) is 2.05. The van der Waals surface area contributed by atoms with Crippen molar-refractivity contribution in [2.45, 2.75) is 25.0 Å². The molecule has 0 spiro atoms. The molecule has 0 radical (unpaired) electrons. The van der Waals surface area contributed by atoms with E-state index in [4.69, 9.17) is 19.1 Å². The van der Waals surface area contributed by atoms with Gasteiger partial charge in [-0.15, -0.1) is 0 Å². The van der Waals surface area contributed by atoms with Crippen molar-refractivity contribution in [3.63, 3.8) is 0 Å². The molecule has 21 heavy (non-hydrogen) atoms. The number of carboxylic acids is 1. The predicted molar refractivity (Wildman–Crippen MR) is 70.8 cm³/mol. The average Bonchev–Trinajstić information content (AvgIpc) is 3.16. The molecule has 7 nitrogen and oxygen atoms in total. The molecule has 3 rings (SSSR count). The van der Waals surface area contributed by atoms with Gasteiger partial charge in [-0.1, -0.05) is 5.16 Å². The van der Waals surface area contributed by atoms with Crippen LogP contribution in [0.25, 0.3) is 11.4 Å². The maximum Gasteiger partial charge on any atom is 0.332 e. The first-order valence-electron chi connectivity index (χ1n) is 6.53. The average molecular weight is 290 g/mol. The Labute approximate surface area is 120 Å². The number of rotatable bonds is 4. The molecule has 1 N–H and O–H groups in total. The van der Waals surface area contributed by atoms with Gasteiger partial charge in [0.15, 0.2) is 6.10 Å². The number of aromatic nitrogens is 2. The van der Waals surface area contributed by atoms with E-state index in [1.807, 2.05) is 12.1 Å². The molecule has 0 amide bonds. The molecule has 2 unspecified atom stereocenters. The smallest absolute Gasteiger partial charge is 0.332 e. The minimum Gasteiger partial charge on any atom is -0.497 e. The Balaban J connectivity index is 1.75. The summed E-state index contributed by atoms with van der Waals surface area (Å²) in [5.74, 6) is 0.526. The number of aliphatic carboxylic acids is 1. The minimum absolute atomic E-state index is 0.310. The van der Waals surface area contributed by atoms with E-state index in [1.165, 1.54) is 0 Å². The van der Waals surface area contributed by atoms with Crippen molar-refractivity contribution in [2.75, 3.05) is 7.11 Å². The van der Waals surface area contributed by atoms with E-state index in [1.54, 1.807) is 19.2 Å². The number of hydrogen-bond acceptors (Lipinski definition) is 6. The maximum atomic E-state index is 10.9. The van der Waals surface area contributed by atoms with Crippen LogP contribution in [0.4, 0.5) is 0 Å². The van der Waals surface area contributed by atoms with Crippen molar-refractivity contribution >= 4 is 5.97 Å². The van der Waals surface area contributed by atoms with Gasteiger partial charge >= 0.3 is 5.97 Å². The number of nitrogens with zero attached hydrogens (tertiary/aromatic N) is 2. The Morgan fingerprint density at radius 3 is 2.71 bits per heavy atom. The van der Waals surface area contributed by atoms with Crippen LogP contribution in [0.5, 0.6) is 5.75 Å². The molecule has 7 heteroatoms. The van der Waals surface area contributed by atoms with Gasteiger partial charge in [0.1, 0.15) is 11.9 Å². The van der Waals surface area contributed by atoms with Crippen molar-refractivity contribution in [3.8, 4) is 17.1 Å². The largest absolute Gasteiger partial charge is 0.497 e. The van der Waals surface area contributed by atoms with Gasteiger partial charge in [-0.25, -0.2) is 4.79 Å². The molecule has 1 aliphatic heterocycles. The van der Waals surface area contributed by atoms with E-state index in [-0.39, 0.29) is 0 Å². The standard InChI is InChI=1S/C14H14N2O5/c1-19-9-4-2-8(3-5-9)12-15-13(21-16-12)10-6-7-11(20-10)14(17)18/h2-5,10-11H,6-7H2,1H3,(H,17,18). The van der Waals surface area contributed by atoms with Gasteiger partial charge in [0.25, 0.3) is 5.89 Å². The lowest BCUT2D eigenvalue weighted by Crippen LogP contribution is -2.18. The van der Waals surface area contributed by atoms with Crippen LogP contribution in [0.2, 0.25) is 0 Å². The lowest BCUT2D eigenvalue weighted by molar-refractivity contribution is -0.150. The summed E-state index contributed by atoms with van der Waals surface area (Å²) in [6.45, 7) is 0. The van der Waals surface area contributed by atoms with Gasteiger partial charge < -0.3 is 19.1 Å². The minimum atomic E-state index is -0.965. The van der Waals surface area contributed by atoms with Crippen LogP contribution in [0.15, 0.2) is 28.8 Å². The van der Waals surface area contributed by atoms with E-state index in [2.05, 4.69) is 10.1 Å². The SMILES string of the molecule is COc1ccc(-c2noc(C3CCC(C(=O)O)O3)n2)cc1. The van der Waals surface area contributed by atoms with Gasteiger partial charge in [0, 0.05) is 5.56 Å². The fourth-order valence-corrected chi connectivity index (χ4v) is 2.22. The number of carboxylic acid groups (broad SMARTS) is 1. The molecular formula is C14H14N2O5. The number of ether oxygens (including phenoxy) is 2. The molecule has 110 valence electrons. The van der Waals surface area contributed by atoms with Gasteiger partial charge in [0.05, 0.1) is 7.11 Å². The topological polar surface area (TPSA) is 94.7 Å². The maximum absolute atomic E-state index is 10.9. The fourth-order valence-electron chi connectivity index (χ4n) is 2.22. The Hall–Kier alpha value is -2.41. The van der Waals surface area contributed by atoms with E-state index < -0.39 is 18.2 Å². The summed E-state index contributed by atoms with van der Waals surface area (Å²) >= 11 is 0. The summed E-state index contributed by atoms with van der Waals surface area (Å²) in [6, 6.07) is 7.25. The molecule has 2 aromatic rings. The number of hydrogen-bond donors (Lipinski definition) is 1. The van der Waals surface area contributed by atoms with Crippen LogP contribution in [0, 0.1) is 0 Å². The number of methoxy groups -OCH3 is 1. The zero-order valence-corrected chi connectivity index (χ0v) is 11.4. The van der Waals surface area contributed by atoms with Crippen molar-refractivity contribution in [2.24, 2.45) is 0 Å². The van der Waals surface area contributed by atoms with Crippen LogP contribution in [0.1, 0.15) is 24.8 Å². The van der Waals surface area contributed by atoms with Crippen molar-refractivity contribution in [1.29, 1.82) is 0 Å². The quantitative estimate of drug-likeness (QED) is 0.920. The van der Waals surface area contributed by atoms with Gasteiger partial charge in [0.2, 0.25) is 5.82 Å². The first-order chi connectivity index (χ1) is 10.2. The monoisotopic (exact) mass is 290 g/mol. The third-order valence-electron chi connectivity index (χ3n) is 3.36. The van der Waals surface area contributed by atoms with Crippen molar-refractivity contribution in [3.05, 3.63) is 30.2 Å². The molecule has 0 saturated carbocycles. The van der Waals surface area contributed by atoms with E-state index in [9.17, 15) is 4.79 Å². The highest BCUT2D eigenvalue weighted by Crippen LogP contribution is 2.32. The van der Waals surface area contributed by atoms with Crippen molar-refractivity contribution in [1.82, 2.24) is 10.1 Å². The molecule has 0 bridgehead atoms. The molecule has 2 heterocycles. The van der Waals surface area contributed by atoms with Crippen LogP contribution >= 0.6 is 0 Å². The number of carbonyl (C=O) groups is 1. The Bertz CT molecular complexity index is 637. The summed E-state index contributed by atoms with van der Waals surface area (Å²) in [4.78, 5) is 15.1. The molecular weight excluding hydrogens is 276 g/mol. The molecule has 1 saturated heterocycles. The van der Waals surface area contributed by atoms with Crippen molar-refractivity contribution < 1.29 is 23.9 Å². The van der Waals surface area contributed by atoms with Crippen LogP contribution in [-0.4, -0.2) is 34.4 Å². The summed E-state index contributed by atoms with van der Waals surface area (Å²) in [6.07, 6.45) is -0.251. The highest BCUT2D eigenvalue weighted by atomic mass is 16.5. The lowest BCUT2D eigenvalue weighted by atomic mass is 10.2. The first-order valence-corrected chi connectivity index (χ1v) is 6.53. The van der Waals surface area contributed by atoms with E-state index >= 15 is 0 Å². The highest BCUT2D eigenvalue weighted by molar-refractivity contribution is 5.72. The lowest BCUT2D eigenvalue weighted by Gasteiger charge is -2.05. The Morgan fingerprint density at radius 2 is 2.10 bits per heavy atom. The summed E-state index contributed by atoms with van der Waals surface area (Å²) in [7, 11) is 1.60. The fraction of sp³-hybridized carbons (Fsp3) is 0.357. The van der Waals surface area contributed by atoms with Gasteiger partial charge in [-0.2, -0.15) is 4.98 Å². The Kier molecular flexibility index (Phi) is 3.57. The summed E-state index contributed by atoms with van der Waals surface area (Å²) in [5, 5.41) is 12.8. The second kappa shape index (κ2) is 5.53. The van der Waals surface area contributed by atoms with Crippen LogP contribution < -0.4 is 4.74 Å². The first kappa shape index (κ1) is 13.6. The van der Waals surface area contributed by atoms with Crippen LogP contribution in [0.3, 0.4) is 0 Å². The zero-order valence-electron chi connectivity index (χ0n) is 11.4. The summed E-state index contributed by atoms with van der Waals surface area (Å²) < 4.78 is 15.6. The molecule has 1 aliphatic rings. The molecule has 1 aromatic heterocycles. The number of benzene rings is 1. The normalized spacial score (nSPS) is 21.4. The van der Waals surface area contributed by atoms with E-state index in [0.717, 1.165) is 11.3 Å². The molecule has 2 atom stereocenters. The van der Waals surface area contributed by atoms with Gasteiger partial charge in [-0.05, 0) is 37.1 Å². The van der Waals surface area contributed by atoms with Crippen LogP contribution in [-0.2, 0) is 9.53 Å². The van der Waals surface area contributed by atoms with Gasteiger partial charge in [-0.3, -0.25) is 0 Å². The van der Waals surface area contributed by atoms with E-state index in [0.29, 0.717) is 24.6 Å². The Morgan fingerprint density at radius 1 is 1.33 bits per heavy atom. The third-order valence-corrected chi connectivity index (χ3v) is 3.36. The summed E-state index contributed by atoms with van der Waals surface area (Å²) in [5.41, 5.74) is 0.790. The zero-order chi connectivity index (χ0) is 14.8. The molecule has 1 fully saturated rings. The highest BCUT2D eigenvalue weighted by Gasteiger charge is 2.34. The second-order valence-corrected chi connectivity index (χ2v) is 4.71. The second-order valence-electron chi connectivity index (χ2n) is 4.71. The molecule has 1 aromatic carbocycles. The third kappa shape index (κ3) is 2.73. The molecule has 0 aliphatic carbocycles.